The Balaban J connectivity index is 0.00000180. The van der Waals surface area contributed by atoms with Crippen molar-refractivity contribution >= 4 is 18.3 Å². The third-order valence-corrected chi connectivity index (χ3v) is 3.07. The summed E-state index contributed by atoms with van der Waals surface area (Å²) in [7, 11) is 1.44. The number of benzene rings is 1. The number of nitrogens with zero attached hydrogens (tertiary/aromatic N) is 1. The lowest BCUT2D eigenvalue weighted by Gasteiger charge is -2.32. The van der Waals surface area contributed by atoms with Gasteiger partial charge in [-0.15, -0.1) is 12.4 Å². The van der Waals surface area contributed by atoms with E-state index < -0.39 is 5.82 Å². The fourth-order valence-corrected chi connectivity index (χ4v) is 2.16. The molecule has 0 unspecified atom stereocenters. The quantitative estimate of drug-likeness (QED) is 0.900. The predicted molar refractivity (Wildman–Crippen MR) is 73.6 cm³/mol. The summed E-state index contributed by atoms with van der Waals surface area (Å²) in [4.78, 5) is 14.0. The van der Waals surface area contributed by atoms with Crippen LogP contribution in [0.1, 0.15) is 17.3 Å². The zero-order valence-corrected chi connectivity index (χ0v) is 11.8. The molecule has 106 valence electrons. The highest BCUT2D eigenvalue weighted by molar-refractivity contribution is 5.97. The van der Waals surface area contributed by atoms with E-state index in [0.717, 1.165) is 6.54 Å². The topological polar surface area (TPSA) is 41.6 Å². The summed E-state index contributed by atoms with van der Waals surface area (Å²) in [5, 5.41) is 3.24. The first-order chi connectivity index (χ1) is 8.63. The van der Waals surface area contributed by atoms with E-state index in [4.69, 9.17) is 4.74 Å². The van der Waals surface area contributed by atoms with Crippen LogP contribution in [0.15, 0.2) is 18.2 Å². The molecule has 0 bridgehead atoms. The lowest BCUT2D eigenvalue weighted by Crippen LogP contribution is -2.51. The molecule has 1 heterocycles. The molecule has 4 nitrogen and oxygen atoms in total. The minimum Gasteiger partial charge on any atom is -0.496 e. The minimum absolute atomic E-state index is 0. The molecule has 1 amide bonds. The van der Waals surface area contributed by atoms with Crippen molar-refractivity contribution in [2.24, 2.45) is 0 Å². The molecule has 6 heteroatoms. The van der Waals surface area contributed by atoms with E-state index >= 15 is 0 Å². The van der Waals surface area contributed by atoms with E-state index in [1.165, 1.54) is 19.2 Å². The number of carbonyl (C=O) groups is 1. The van der Waals surface area contributed by atoms with Gasteiger partial charge in [-0.2, -0.15) is 0 Å². The van der Waals surface area contributed by atoms with Gasteiger partial charge in [0.15, 0.2) is 0 Å². The second-order valence-corrected chi connectivity index (χ2v) is 4.42. The van der Waals surface area contributed by atoms with Crippen molar-refractivity contribution in [3.05, 3.63) is 29.6 Å². The van der Waals surface area contributed by atoms with Crippen LogP contribution in [0.3, 0.4) is 0 Å². The summed E-state index contributed by atoms with van der Waals surface area (Å²) >= 11 is 0. The van der Waals surface area contributed by atoms with Gasteiger partial charge in [0, 0.05) is 25.7 Å². The van der Waals surface area contributed by atoms with Gasteiger partial charge in [0.1, 0.15) is 17.1 Å². The molecule has 1 fully saturated rings. The Bertz CT molecular complexity index is 456. The SMILES string of the molecule is COc1cccc(F)c1C(=O)N1CCN[C@@H](C)C1.Cl. The maximum atomic E-state index is 13.8. The molecule has 0 spiro atoms. The van der Waals surface area contributed by atoms with Gasteiger partial charge in [-0.05, 0) is 19.1 Å². The molecule has 1 aromatic carbocycles. The van der Waals surface area contributed by atoms with Gasteiger partial charge >= 0.3 is 0 Å². The number of rotatable bonds is 2. The first kappa shape index (κ1) is 15.7. The fraction of sp³-hybridized carbons (Fsp3) is 0.462. The van der Waals surface area contributed by atoms with E-state index in [9.17, 15) is 9.18 Å². The first-order valence-corrected chi connectivity index (χ1v) is 5.98. The van der Waals surface area contributed by atoms with Gasteiger partial charge < -0.3 is 15.0 Å². The van der Waals surface area contributed by atoms with E-state index in [-0.39, 0.29) is 35.7 Å². The average molecular weight is 289 g/mol. The van der Waals surface area contributed by atoms with Crippen molar-refractivity contribution in [1.29, 1.82) is 0 Å². The van der Waals surface area contributed by atoms with Gasteiger partial charge in [0.2, 0.25) is 0 Å². The van der Waals surface area contributed by atoms with Gasteiger partial charge in [-0.25, -0.2) is 4.39 Å². The molecule has 0 aromatic heterocycles. The lowest BCUT2D eigenvalue weighted by molar-refractivity contribution is 0.0700. The number of carbonyl (C=O) groups excluding carboxylic acids is 1. The second-order valence-electron chi connectivity index (χ2n) is 4.42. The highest BCUT2D eigenvalue weighted by atomic mass is 35.5. The van der Waals surface area contributed by atoms with Crippen LogP contribution >= 0.6 is 12.4 Å². The molecule has 1 N–H and O–H groups in total. The first-order valence-electron chi connectivity index (χ1n) is 5.98. The number of hydrogen-bond donors (Lipinski definition) is 1. The Morgan fingerprint density at radius 1 is 1.53 bits per heavy atom. The molecule has 19 heavy (non-hydrogen) atoms. The molecule has 1 aliphatic rings. The van der Waals surface area contributed by atoms with Crippen LogP contribution in [0.4, 0.5) is 4.39 Å². The van der Waals surface area contributed by atoms with Gasteiger partial charge in [-0.1, -0.05) is 6.07 Å². The van der Waals surface area contributed by atoms with Crippen LogP contribution in [0.25, 0.3) is 0 Å². The van der Waals surface area contributed by atoms with E-state index in [2.05, 4.69) is 5.32 Å². The van der Waals surface area contributed by atoms with Gasteiger partial charge in [0.25, 0.3) is 5.91 Å². The zero-order chi connectivity index (χ0) is 13.1. The maximum Gasteiger partial charge on any atom is 0.260 e. The summed E-state index contributed by atoms with van der Waals surface area (Å²) in [5.41, 5.74) is 0.0223. The van der Waals surface area contributed by atoms with Gasteiger partial charge in [-0.3, -0.25) is 4.79 Å². The van der Waals surface area contributed by atoms with Crippen LogP contribution in [0.5, 0.6) is 5.75 Å². The van der Waals surface area contributed by atoms with Gasteiger partial charge in [0.05, 0.1) is 7.11 Å². The number of halogens is 2. The summed E-state index contributed by atoms with van der Waals surface area (Å²) < 4.78 is 18.9. The fourth-order valence-electron chi connectivity index (χ4n) is 2.16. The number of ether oxygens (including phenoxy) is 1. The number of methoxy groups -OCH3 is 1. The predicted octanol–water partition coefficient (Wildman–Crippen LogP) is 1.69. The number of nitrogens with one attached hydrogen (secondary N) is 1. The van der Waals surface area contributed by atoms with Crippen molar-refractivity contribution in [2.75, 3.05) is 26.7 Å². The van der Waals surface area contributed by atoms with Crippen LogP contribution in [-0.4, -0.2) is 43.6 Å². The molecule has 1 aromatic rings. The Morgan fingerprint density at radius 2 is 2.26 bits per heavy atom. The number of amides is 1. The van der Waals surface area contributed by atoms with Crippen LogP contribution in [0, 0.1) is 5.82 Å². The Morgan fingerprint density at radius 3 is 2.89 bits per heavy atom. The second kappa shape index (κ2) is 6.73. The number of piperazine rings is 1. The molecule has 2 rings (SSSR count). The Labute approximate surface area is 118 Å². The molecular formula is C13H18ClFN2O2. The van der Waals surface area contributed by atoms with Crippen molar-refractivity contribution in [1.82, 2.24) is 10.2 Å². The third kappa shape index (κ3) is 3.36. The maximum absolute atomic E-state index is 13.8. The monoisotopic (exact) mass is 288 g/mol. The summed E-state index contributed by atoms with van der Waals surface area (Å²) in [6.45, 7) is 3.89. The van der Waals surface area contributed by atoms with E-state index in [1.807, 2.05) is 6.92 Å². The highest BCUT2D eigenvalue weighted by Crippen LogP contribution is 2.23. The molecule has 0 saturated carbocycles. The molecule has 1 atom stereocenters. The molecular weight excluding hydrogens is 271 g/mol. The van der Waals surface area contributed by atoms with Crippen molar-refractivity contribution < 1.29 is 13.9 Å². The Hall–Kier alpha value is -1.33. The van der Waals surface area contributed by atoms with Crippen molar-refractivity contribution in [3.8, 4) is 5.75 Å². The third-order valence-electron chi connectivity index (χ3n) is 3.07. The highest BCUT2D eigenvalue weighted by Gasteiger charge is 2.26. The van der Waals surface area contributed by atoms with Crippen LogP contribution in [0.2, 0.25) is 0 Å². The zero-order valence-electron chi connectivity index (χ0n) is 11.0. The molecule has 1 saturated heterocycles. The van der Waals surface area contributed by atoms with Crippen LogP contribution in [-0.2, 0) is 0 Å². The molecule has 0 radical (unpaired) electrons. The van der Waals surface area contributed by atoms with Crippen LogP contribution < -0.4 is 10.1 Å². The van der Waals surface area contributed by atoms with E-state index in [0.29, 0.717) is 13.1 Å². The normalized spacial score (nSPS) is 18.7. The van der Waals surface area contributed by atoms with Crippen molar-refractivity contribution in [3.63, 3.8) is 0 Å². The Kier molecular flexibility index (Phi) is 5.57. The average Bonchev–Trinajstić information content (AvgIpc) is 2.37. The smallest absolute Gasteiger partial charge is 0.260 e. The largest absolute Gasteiger partial charge is 0.496 e. The molecule has 0 aliphatic carbocycles. The summed E-state index contributed by atoms with van der Waals surface area (Å²) in [6, 6.07) is 4.63. The minimum atomic E-state index is -0.537. The molecule has 1 aliphatic heterocycles. The lowest BCUT2D eigenvalue weighted by atomic mass is 10.1. The summed E-state index contributed by atoms with van der Waals surface area (Å²) in [6.07, 6.45) is 0. The van der Waals surface area contributed by atoms with Crippen molar-refractivity contribution in [2.45, 2.75) is 13.0 Å². The summed E-state index contributed by atoms with van der Waals surface area (Å²) in [5.74, 6) is -0.560. The number of hydrogen-bond acceptors (Lipinski definition) is 3. The standard InChI is InChI=1S/C13H17FN2O2.ClH/c1-9-8-16(7-6-15-9)13(17)12-10(14)4-3-5-11(12)18-2;/h3-5,9,15H,6-8H2,1-2H3;1H/t9-;/m0./s1. The van der Waals surface area contributed by atoms with E-state index in [1.54, 1.807) is 11.0 Å².